The average Bonchev–Trinajstić information content (AvgIpc) is 3.11. The average molecular weight is 537 g/mol. The van der Waals surface area contributed by atoms with Crippen LogP contribution >= 0.6 is 15.9 Å². The van der Waals surface area contributed by atoms with Gasteiger partial charge in [-0.25, -0.2) is 9.97 Å². The van der Waals surface area contributed by atoms with Crippen molar-refractivity contribution in [2.75, 3.05) is 7.11 Å². The van der Waals surface area contributed by atoms with Gasteiger partial charge in [0.2, 0.25) is 5.95 Å². The van der Waals surface area contributed by atoms with Crippen molar-refractivity contribution in [1.29, 1.82) is 0 Å². The lowest BCUT2D eigenvalue weighted by Crippen LogP contribution is -2.07. The Morgan fingerprint density at radius 1 is 1.03 bits per heavy atom. The Kier molecular flexibility index (Phi) is 6.56. The van der Waals surface area contributed by atoms with Gasteiger partial charge in [-0.05, 0) is 52.3 Å². The summed E-state index contributed by atoms with van der Waals surface area (Å²) in [6.45, 7) is -0.0161. The first-order valence-electron chi connectivity index (χ1n) is 9.85. The largest absolute Gasteiger partial charge is 0.496 e. The second kappa shape index (κ2) is 9.41. The molecule has 11 heteroatoms. The molecular formula is C23H17BrF4N4O2. The molecule has 3 heterocycles. The molecule has 4 aromatic rings. The highest BCUT2D eigenvalue weighted by Gasteiger charge is 2.30. The number of methoxy groups -OCH3 is 1. The first-order chi connectivity index (χ1) is 16.2. The van der Waals surface area contributed by atoms with Crippen LogP contribution < -0.4 is 9.47 Å². The molecule has 176 valence electrons. The van der Waals surface area contributed by atoms with Crippen LogP contribution in [0.5, 0.6) is 11.5 Å². The van der Waals surface area contributed by atoms with Crippen molar-refractivity contribution in [2.24, 2.45) is 7.05 Å². The predicted molar refractivity (Wildman–Crippen MR) is 120 cm³/mol. The molecule has 0 N–H and O–H groups in total. The maximum atomic E-state index is 13.2. The Hall–Kier alpha value is -3.47. The second-order valence-electron chi connectivity index (χ2n) is 7.19. The summed E-state index contributed by atoms with van der Waals surface area (Å²) in [6, 6.07) is 10.2. The van der Waals surface area contributed by atoms with Gasteiger partial charge < -0.3 is 14.0 Å². The van der Waals surface area contributed by atoms with Gasteiger partial charge >= 0.3 is 6.18 Å². The predicted octanol–water partition coefficient (Wildman–Crippen LogP) is 6.05. The molecule has 0 unspecified atom stereocenters. The Balaban J connectivity index is 1.58. The molecule has 0 radical (unpaired) electrons. The molecule has 4 rings (SSSR count). The standard InChI is InChI=1S/C23H17BrF4N4O2/c1-32-20(21(24)31-22(32)13-3-8-19(25)30-10-13)17-7-6-16(9-18(17)33-2)34-12-15-5-4-14(11-29-15)23(26,27)28/h3-11H,12H2,1-2H3. The summed E-state index contributed by atoms with van der Waals surface area (Å²) in [5, 5.41) is 0. The van der Waals surface area contributed by atoms with Crippen molar-refractivity contribution >= 4 is 15.9 Å². The number of nitrogens with zero attached hydrogens (tertiary/aromatic N) is 4. The van der Waals surface area contributed by atoms with Gasteiger partial charge in [-0.3, -0.25) is 4.98 Å². The summed E-state index contributed by atoms with van der Waals surface area (Å²) < 4.78 is 64.9. The summed E-state index contributed by atoms with van der Waals surface area (Å²) in [7, 11) is 3.32. The van der Waals surface area contributed by atoms with E-state index in [1.807, 2.05) is 11.6 Å². The Bertz CT molecular complexity index is 1310. The number of hydrogen-bond acceptors (Lipinski definition) is 5. The number of aromatic nitrogens is 4. The number of rotatable bonds is 6. The molecule has 0 atom stereocenters. The fourth-order valence-electron chi connectivity index (χ4n) is 3.32. The number of imidazole rings is 1. The zero-order chi connectivity index (χ0) is 24.5. The Morgan fingerprint density at radius 3 is 2.44 bits per heavy atom. The summed E-state index contributed by atoms with van der Waals surface area (Å²) in [6.07, 6.45) is -2.27. The molecule has 0 saturated carbocycles. The second-order valence-corrected chi connectivity index (χ2v) is 7.94. The fourth-order valence-corrected chi connectivity index (χ4v) is 3.96. The van der Waals surface area contributed by atoms with Crippen LogP contribution in [0.2, 0.25) is 0 Å². The smallest absolute Gasteiger partial charge is 0.417 e. The van der Waals surface area contributed by atoms with Crippen molar-refractivity contribution in [1.82, 2.24) is 19.5 Å². The van der Waals surface area contributed by atoms with E-state index < -0.39 is 17.7 Å². The maximum absolute atomic E-state index is 13.2. The van der Waals surface area contributed by atoms with E-state index in [0.717, 1.165) is 12.3 Å². The van der Waals surface area contributed by atoms with Gasteiger partial charge in [0.25, 0.3) is 0 Å². The number of pyridine rings is 2. The van der Waals surface area contributed by atoms with Gasteiger partial charge in [0, 0.05) is 36.6 Å². The molecule has 34 heavy (non-hydrogen) atoms. The van der Waals surface area contributed by atoms with Crippen LogP contribution in [0.15, 0.2) is 59.5 Å². The molecule has 0 spiro atoms. The number of hydrogen-bond donors (Lipinski definition) is 0. The molecule has 0 aliphatic rings. The summed E-state index contributed by atoms with van der Waals surface area (Å²) >= 11 is 3.48. The van der Waals surface area contributed by atoms with Crippen LogP contribution in [-0.2, 0) is 19.8 Å². The highest BCUT2D eigenvalue weighted by molar-refractivity contribution is 9.10. The highest BCUT2D eigenvalue weighted by Crippen LogP contribution is 2.39. The molecule has 0 amide bonds. The molecule has 0 bridgehead atoms. The molecule has 0 aliphatic heterocycles. The van der Waals surface area contributed by atoms with Gasteiger partial charge in [-0.2, -0.15) is 17.6 Å². The lowest BCUT2D eigenvalue weighted by atomic mass is 10.1. The Morgan fingerprint density at radius 2 is 1.82 bits per heavy atom. The summed E-state index contributed by atoms with van der Waals surface area (Å²) in [5.74, 6) is 0.931. The van der Waals surface area contributed by atoms with E-state index in [4.69, 9.17) is 9.47 Å². The van der Waals surface area contributed by atoms with Crippen molar-refractivity contribution in [3.05, 3.63) is 76.7 Å². The topological polar surface area (TPSA) is 62.1 Å². The first kappa shape index (κ1) is 23.7. The van der Waals surface area contributed by atoms with E-state index >= 15 is 0 Å². The Labute approximate surface area is 200 Å². The third-order valence-corrected chi connectivity index (χ3v) is 5.56. The molecule has 0 saturated heterocycles. The van der Waals surface area contributed by atoms with Gasteiger partial charge in [-0.1, -0.05) is 0 Å². The fraction of sp³-hybridized carbons (Fsp3) is 0.174. The SMILES string of the molecule is COc1cc(OCc2ccc(C(F)(F)F)cn2)ccc1-c1c(Br)nc(-c2ccc(F)nc2)n1C. The van der Waals surface area contributed by atoms with E-state index in [1.165, 1.54) is 25.4 Å². The zero-order valence-electron chi connectivity index (χ0n) is 17.9. The minimum Gasteiger partial charge on any atom is -0.496 e. The quantitative estimate of drug-likeness (QED) is 0.221. The van der Waals surface area contributed by atoms with Crippen LogP contribution in [0.3, 0.4) is 0 Å². The number of halogens is 5. The maximum Gasteiger partial charge on any atom is 0.417 e. The third kappa shape index (κ3) is 4.89. The molecular weight excluding hydrogens is 520 g/mol. The van der Waals surface area contributed by atoms with E-state index in [1.54, 1.807) is 24.3 Å². The number of alkyl halides is 3. The monoisotopic (exact) mass is 536 g/mol. The van der Waals surface area contributed by atoms with E-state index in [9.17, 15) is 17.6 Å². The molecule has 3 aromatic heterocycles. The highest BCUT2D eigenvalue weighted by atomic mass is 79.9. The van der Waals surface area contributed by atoms with Crippen molar-refractivity contribution in [3.8, 4) is 34.1 Å². The van der Waals surface area contributed by atoms with Crippen LogP contribution in [0.25, 0.3) is 22.6 Å². The normalized spacial score (nSPS) is 11.5. The minimum atomic E-state index is -4.44. The third-order valence-electron chi connectivity index (χ3n) is 5.01. The van der Waals surface area contributed by atoms with Crippen molar-refractivity contribution < 1.29 is 27.0 Å². The zero-order valence-corrected chi connectivity index (χ0v) is 19.5. The number of benzene rings is 1. The number of ether oxygens (including phenoxy) is 2. The van der Waals surface area contributed by atoms with Gasteiger partial charge in [0.1, 0.15) is 28.5 Å². The van der Waals surface area contributed by atoms with E-state index in [2.05, 4.69) is 30.9 Å². The summed E-state index contributed by atoms with van der Waals surface area (Å²) in [4.78, 5) is 12.0. The molecule has 1 aromatic carbocycles. The first-order valence-corrected chi connectivity index (χ1v) is 10.6. The minimum absolute atomic E-state index is 0.0161. The molecule has 0 fully saturated rings. The van der Waals surface area contributed by atoms with Gasteiger partial charge in [0.15, 0.2) is 0 Å². The van der Waals surface area contributed by atoms with Crippen LogP contribution in [0.1, 0.15) is 11.3 Å². The van der Waals surface area contributed by atoms with Crippen LogP contribution in [-0.4, -0.2) is 26.6 Å². The van der Waals surface area contributed by atoms with E-state index in [-0.39, 0.29) is 6.61 Å². The van der Waals surface area contributed by atoms with Crippen molar-refractivity contribution in [3.63, 3.8) is 0 Å². The van der Waals surface area contributed by atoms with Gasteiger partial charge in [0.05, 0.1) is 24.1 Å². The lowest BCUT2D eigenvalue weighted by molar-refractivity contribution is -0.137. The van der Waals surface area contributed by atoms with E-state index in [0.29, 0.717) is 44.4 Å². The van der Waals surface area contributed by atoms with Crippen LogP contribution in [0.4, 0.5) is 17.6 Å². The molecule has 0 aliphatic carbocycles. The van der Waals surface area contributed by atoms with Crippen molar-refractivity contribution in [2.45, 2.75) is 12.8 Å². The molecule has 6 nitrogen and oxygen atoms in total. The lowest BCUT2D eigenvalue weighted by Gasteiger charge is -2.13. The summed E-state index contributed by atoms with van der Waals surface area (Å²) in [5.41, 5.74) is 1.60. The van der Waals surface area contributed by atoms with Gasteiger partial charge in [-0.15, -0.1) is 0 Å². The van der Waals surface area contributed by atoms with Crippen LogP contribution in [0, 0.1) is 5.95 Å².